The number of nitrogens with one attached hydrogen (secondary N) is 2. The number of imidazole rings is 1. The number of hydrogen-bond acceptors (Lipinski definition) is 3. The smallest absolute Gasteiger partial charge is 0.0947 e. The van der Waals surface area contributed by atoms with Crippen molar-refractivity contribution in [1.29, 1.82) is 0 Å². The molecule has 0 bridgehead atoms. The van der Waals surface area contributed by atoms with Crippen LogP contribution in [0.2, 0.25) is 0 Å². The number of aliphatic imine (C=N–C) groups is 1. The highest BCUT2D eigenvalue weighted by Crippen LogP contribution is 2.34. The van der Waals surface area contributed by atoms with E-state index in [9.17, 15) is 0 Å². The van der Waals surface area contributed by atoms with Crippen molar-refractivity contribution in [2.75, 3.05) is 12.4 Å². The first-order valence-corrected chi connectivity index (χ1v) is 4.63. The van der Waals surface area contributed by atoms with E-state index < -0.39 is 0 Å². The molecular weight excluding hydrogens is 188 g/mol. The molecular formula is C11H12N4. The Hall–Kier alpha value is -2.10. The van der Waals surface area contributed by atoms with Crippen LogP contribution in [-0.4, -0.2) is 23.7 Å². The quantitative estimate of drug-likeness (QED) is 0.748. The molecule has 0 aliphatic heterocycles. The van der Waals surface area contributed by atoms with E-state index in [1.807, 2.05) is 25.2 Å². The molecule has 0 atom stereocenters. The van der Waals surface area contributed by atoms with Gasteiger partial charge in [0.25, 0.3) is 0 Å². The van der Waals surface area contributed by atoms with Crippen molar-refractivity contribution in [3.63, 3.8) is 0 Å². The SMILES string of the molecule is C=Nc1c(NC)cccc1-c1cnc[nH]1. The summed E-state index contributed by atoms with van der Waals surface area (Å²) in [6.07, 6.45) is 3.41. The molecule has 76 valence electrons. The molecule has 2 aromatic rings. The first kappa shape index (κ1) is 9.45. The Bertz CT molecular complexity index is 459. The van der Waals surface area contributed by atoms with Gasteiger partial charge in [0.2, 0.25) is 0 Å². The summed E-state index contributed by atoms with van der Waals surface area (Å²) in [7, 11) is 1.86. The van der Waals surface area contributed by atoms with Crippen molar-refractivity contribution in [3.8, 4) is 11.3 Å². The van der Waals surface area contributed by atoms with Crippen molar-refractivity contribution < 1.29 is 0 Å². The van der Waals surface area contributed by atoms with Crippen molar-refractivity contribution in [1.82, 2.24) is 9.97 Å². The van der Waals surface area contributed by atoms with Crippen molar-refractivity contribution >= 4 is 18.1 Å². The van der Waals surface area contributed by atoms with Gasteiger partial charge in [-0.3, -0.25) is 4.99 Å². The lowest BCUT2D eigenvalue weighted by atomic mass is 10.1. The van der Waals surface area contributed by atoms with Gasteiger partial charge >= 0.3 is 0 Å². The van der Waals surface area contributed by atoms with Crippen LogP contribution in [0.3, 0.4) is 0 Å². The maximum Gasteiger partial charge on any atom is 0.0947 e. The fourth-order valence-electron chi connectivity index (χ4n) is 1.54. The lowest BCUT2D eigenvalue weighted by molar-refractivity contribution is 1.31. The summed E-state index contributed by atoms with van der Waals surface area (Å²) in [6.45, 7) is 3.59. The van der Waals surface area contributed by atoms with E-state index in [1.165, 1.54) is 0 Å². The number of nitrogens with zero attached hydrogens (tertiary/aromatic N) is 2. The molecule has 0 aliphatic rings. The lowest BCUT2D eigenvalue weighted by Crippen LogP contribution is -1.90. The maximum absolute atomic E-state index is 4.04. The average Bonchev–Trinajstić information content (AvgIpc) is 2.81. The molecule has 1 heterocycles. The van der Waals surface area contributed by atoms with Gasteiger partial charge in [0.1, 0.15) is 0 Å². The Morgan fingerprint density at radius 1 is 1.47 bits per heavy atom. The van der Waals surface area contributed by atoms with Gasteiger partial charge in [-0.05, 0) is 12.8 Å². The van der Waals surface area contributed by atoms with Crippen LogP contribution < -0.4 is 5.32 Å². The molecule has 0 amide bonds. The molecule has 2 N–H and O–H groups in total. The number of aromatic amines is 1. The number of aromatic nitrogens is 2. The molecule has 0 radical (unpaired) electrons. The van der Waals surface area contributed by atoms with Gasteiger partial charge < -0.3 is 10.3 Å². The van der Waals surface area contributed by atoms with Gasteiger partial charge in [0.15, 0.2) is 0 Å². The van der Waals surface area contributed by atoms with Gasteiger partial charge in [-0.2, -0.15) is 0 Å². The van der Waals surface area contributed by atoms with Crippen LogP contribution >= 0.6 is 0 Å². The molecule has 0 saturated heterocycles. The van der Waals surface area contributed by atoms with Crippen molar-refractivity contribution in [2.24, 2.45) is 4.99 Å². The second-order valence-electron chi connectivity index (χ2n) is 3.08. The van der Waals surface area contributed by atoms with Crippen molar-refractivity contribution in [2.45, 2.75) is 0 Å². The number of anilines is 1. The van der Waals surface area contributed by atoms with E-state index in [0.29, 0.717) is 0 Å². The molecule has 1 aromatic carbocycles. The van der Waals surface area contributed by atoms with Crippen LogP contribution in [0.25, 0.3) is 11.3 Å². The molecule has 1 aromatic heterocycles. The number of hydrogen-bond donors (Lipinski definition) is 2. The maximum atomic E-state index is 4.04. The molecule has 0 aliphatic carbocycles. The Morgan fingerprint density at radius 3 is 2.93 bits per heavy atom. The standard InChI is InChI=1S/C11H12N4/c1-12-9-5-3-4-8(11(9)13-2)10-6-14-7-15-10/h3-7,12H,2H2,1H3,(H,14,15). The Balaban J connectivity index is 2.61. The highest BCUT2D eigenvalue weighted by Gasteiger charge is 2.08. The third-order valence-electron chi connectivity index (χ3n) is 2.25. The molecule has 4 nitrogen and oxygen atoms in total. The van der Waals surface area contributed by atoms with E-state index in [4.69, 9.17) is 0 Å². The zero-order valence-electron chi connectivity index (χ0n) is 8.49. The monoisotopic (exact) mass is 200 g/mol. The first-order valence-electron chi connectivity index (χ1n) is 4.63. The third-order valence-corrected chi connectivity index (χ3v) is 2.25. The van der Waals surface area contributed by atoms with Gasteiger partial charge in [-0.1, -0.05) is 12.1 Å². The average molecular weight is 200 g/mol. The molecule has 0 unspecified atom stereocenters. The number of benzene rings is 1. The summed E-state index contributed by atoms with van der Waals surface area (Å²) in [6, 6.07) is 5.92. The highest BCUT2D eigenvalue weighted by molar-refractivity contribution is 5.84. The molecule has 15 heavy (non-hydrogen) atoms. The molecule has 4 heteroatoms. The minimum Gasteiger partial charge on any atom is -0.386 e. The number of H-pyrrole nitrogens is 1. The van der Waals surface area contributed by atoms with Crippen LogP contribution in [0.1, 0.15) is 0 Å². The second kappa shape index (κ2) is 3.96. The minimum atomic E-state index is 0.837. The summed E-state index contributed by atoms with van der Waals surface area (Å²) in [5, 5.41) is 3.08. The second-order valence-corrected chi connectivity index (χ2v) is 3.08. The van der Waals surface area contributed by atoms with E-state index in [2.05, 4.69) is 27.0 Å². The van der Waals surface area contributed by atoms with E-state index in [-0.39, 0.29) is 0 Å². The van der Waals surface area contributed by atoms with Crippen LogP contribution in [0, 0.1) is 0 Å². The topological polar surface area (TPSA) is 53.1 Å². The predicted molar refractivity (Wildman–Crippen MR) is 62.8 cm³/mol. The fraction of sp³-hybridized carbons (Fsp3) is 0.0909. The minimum absolute atomic E-state index is 0.837. The van der Waals surface area contributed by atoms with Gasteiger partial charge in [0.05, 0.1) is 29.6 Å². The normalized spacial score (nSPS) is 9.93. The van der Waals surface area contributed by atoms with E-state index >= 15 is 0 Å². The van der Waals surface area contributed by atoms with E-state index in [0.717, 1.165) is 22.6 Å². The molecule has 0 fully saturated rings. The van der Waals surface area contributed by atoms with Crippen molar-refractivity contribution in [3.05, 3.63) is 30.7 Å². The summed E-state index contributed by atoms with van der Waals surface area (Å²) < 4.78 is 0. The van der Waals surface area contributed by atoms with Crippen LogP contribution in [0.4, 0.5) is 11.4 Å². The first-order chi connectivity index (χ1) is 7.36. The summed E-state index contributed by atoms with van der Waals surface area (Å²) in [4.78, 5) is 11.1. The van der Waals surface area contributed by atoms with Gasteiger partial charge in [-0.15, -0.1) is 0 Å². The highest BCUT2D eigenvalue weighted by atomic mass is 14.9. The van der Waals surface area contributed by atoms with Crippen LogP contribution in [0.15, 0.2) is 35.7 Å². The number of rotatable bonds is 3. The fourth-order valence-corrected chi connectivity index (χ4v) is 1.54. The lowest BCUT2D eigenvalue weighted by Gasteiger charge is -2.08. The Labute approximate surface area is 88.1 Å². The summed E-state index contributed by atoms with van der Waals surface area (Å²) in [5.74, 6) is 0. The summed E-state index contributed by atoms with van der Waals surface area (Å²) >= 11 is 0. The Kier molecular flexibility index (Phi) is 2.49. The summed E-state index contributed by atoms with van der Waals surface area (Å²) in [5.41, 5.74) is 3.73. The van der Waals surface area contributed by atoms with E-state index in [1.54, 1.807) is 12.5 Å². The van der Waals surface area contributed by atoms with Crippen LogP contribution in [0.5, 0.6) is 0 Å². The zero-order chi connectivity index (χ0) is 10.7. The van der Waals surface area contributed by atoms with Crippen LogP contribution in [-0.2, 0) is 0 Å². The zero-order valence-corrected chi connectivity index (χ0v) is 8.49. The third kappa shape index (κ3) is 1.61. The molecule has 0 saturated carbocycles. The van der Waals surface area contributed by atoms with Gasteiger partial charge in [0, 0.05) is 12.6 Å². The Morgan fingerprint density at radius 2 is 2.33 bits per heavy atom. The van der Waals surface area contributed by atoms with Gasteiger partial charge in [-0.25, -0.2) is 4.98 Å². The molecule has 2 rings (SSSR count). The molecule has 0 spiro atoms. The largest absolute Gasteiger partial charge is 0.386 e. The number of para-hydroxylation sites is 1. The predicted octanol–water partition coefficient (Wildman–Crippen LogP) is 2.45.